The van der Waals surface area contributed by atoms with Crippen molar-refractivity contribution >= 4 is 11.6 Å². The Morgan fingerprint density at radius 3 is 2.97 bits per heavy atom. The number of hydrogen-bond donors (Lipinski definition) is 1. The first-order valence-electron chi connectivity index (χ1n) is 10.1. The second-order valence-electron chi connectivity index (χ2n) is 7.52. The molecule has 3 heterocycles. The van der Waals surface area contributed by atoms with Crippen LogP contribution < -0.4 is 10.1 Å². The smallest absolute Gasteiger partial charge is 0.253 e. The fraction of sp³-hybridized carbons (Fsp3) is 0.409. The second kappa shape index (κ2) is 9.23. The molecule has 0 aliphatic carbocycles. The number of carbonyl (C=O) groups is 1. The molecule has 2 aromatic heterocycles. The van der Waals surface area contributed by atoms with Crippen molar-refractivity contribution in [3.63, 3.8) is 0 Å². The van der Waals surface area contributed by atoms with Crippen LogP contribution in [0.15, 0.2) is 42.6 Å². The van der Waals surface area contributed by atoms with Crippen molar-refractivity contribution in [3.05, 3.63) is 59.5 Å². The number of likely N-dealkylation sites (tertiary alicyclic amines) is 1. The highest BCUT2D eigenvalue weighted by atomic mass is 16.5. The van der Waals surface area contributed by atoms with E-state index < -0.39 is 0 Å². The zero-order valence-corrected chi connectivity index (χ0v) is 17.4. The second-order valence-corrected chi connectivity index (χ2v) is 7.52. The SMILES string of the molecule is COCCN1CC[C@@H](c2nnc3ccc(C(=O)NCc4cccc(OC)c4)cn23)C1. The summed E-state index contributed by atoms with van der Waals surface area (Å²) in [5.74, 6) is 1.85. The van der Waals surface area contributed by atoms with Crippen LogP contribution >= 0.6 is 0 Å². The monoisotopic (exact) mass is 409 g/mol. The van der Waals surface area contributed by atoms with Crippen molar-refractivity contribution in [1.82, 2.24) is 24.8 Å². The van der Waals surface area contributed by atoms with Gasteiger partial charge in [0.15, 0.2) is 5.65 Å². The van der Waals surface area contributed by atoms with Crippen LogP contribution in [0.25, 0.3) is 5.65 Å². The number of nitrogens with zero attached hydrogens (tertiary/aromatic N) is 4. The van der Waals surface area contributed by atoms with E-state index in [0.29, 0.717) is 18.0 Å². The van der Waals surface area contributed by atoms with Crippen LogP contribution in [0.3, 0.4) is 0 Å². The Kier molecular flexibility index (Phi) is 6.25. The first-order valence-corrected chi connectivity index (χ1v) is 10.1. The highest BCUT2D eigenvalue weighted by Gasteiger charge is 2.27. The number of methoxy groups -OCH3 is 2. The van der Waals surface area contributed by atoms with Gasteiger partial charge in [0.2, 0.25) is 0 Å². The van der Waals surface area contributed by atoms with Gasteiger partial charge in [-0.1, -0.05) is 12.1 Å². The lowest BCUT2D eigenvalue weighted by Gasteiger charge is -2.14. The minimum absolute atomic E-state index is 0.132. The van der Waals surface area contributed by atoms with Crippen LogP contribution in [0, 0.1) is 0 Å². The number of carbonyl (C=O) groups excluding carboxylic acids is 1. The fourth-order valence-electron chi connectivity index (χ4n) is 3.85. The number of ether oxygens (including phenoxy) is 2. The molecule has 0 unspecified atom stereocenters. The molecule has 1 atom stereocenters. The van der Waals surface area contributed by atoms with Gasteiger partial charge in [0.25, 0.3) is 5.91 Å². The zero-order chi connectivity index (χ0) is 20.9. The van der Waals surface area contributed by atoms with Gasteiger partial charge in [-0.05, 0) is 42.8 Å². The van der Waals surface area contributed by atoms with Crippen LogP contribution in [0.5, 0.6) is 5.75 Å². The maximum Gasteiger partial charge on any atom is 0.253 e. The van der Waals surface area contributed by atoms with Gasteiger partial charge < -0.3 is 19.7 Å². The van der Waals surface area contributed by atoms with Gasteiger partial charge >= 0.3 is 0 Å². The summed E-state index contributed by atoms with van der Waals surface area (Å²) < 4.78 is 12.4. The summed E-state index contributed by atoms with van der Waals surface area (Å²) in [4.78, 5) is 15.1. The number of aromatic nitrogens is 3. The molecule has 1 aliphatic heterocycles. The van der Waals surface area contributed by atoms with E-state index in [9.17, 15) is 4.79 Å². The first kappa shape index (κ1) is 20.3. The maximum atomic E-state index is 12.7. The van der Waals surface area contributed by atoms with E-state index in [1.54, 1.807) is 20.3 Å². The zero-order valence-electron chi connectivity index (χ0n) is 17.4. The Hall–Kier alpha value is -2.97. The van der Waals surface area contributed by atoms with Gasteiger partial charge in [-0.15, -0.1) is 10.2 Å². The van der Waals surface area contributed by atoms with Crippen molar-refractivity contribution in [3.8, 4) is 5.75 Å². The lowest BCUT2D eigenvalue weighted by atomic mass is 10.1. The van der Waals surface area contributed by atoms with Crippen molar-refractivity contribution in [2.24, 2.45) is 0 Å². The number of hydrogen-bond acceptors (Lipinski definition) is 6. The Bertz CT molecular complexity index is 1020. The van der Waals surface area contributed by atoms with Gasteiger partial charge in [-0.25, -0.2) is 0 Å². The topological polar surface area (TPSA) is 81.0 Å². The Morgan fingerprint density at radius 2 is 2.13 bits per heavy atom. The number of pyridine rings is 1. The van der Waals surface area contributed by atoms with E-state index in [2.05, 4.69) is 20.4 Å². The van der Waals surface area contributed by atoms with Crippen LogP contribution in [-0.4, -0.2) is 65.9 Å². The molecule has 1 fully saturated rings. The predicted octanol–water partition coefficient (Wildman–Crippen LogP) is 2.10. The molecule has 0 spiro atoms. The molecule has 1 N–H and O–H groups in total. The highest BCUT2D eigenvalue weighted by molar-refractivity contribution is 5.94. The molecular weight excluding hydrogens is 382 g/mol. The molecule has 3 aromatic rings. The molecule has 0 bridgehead atoms. The molecule has 0 saturated carbocycles. The predicted molar refractivity (Wildman–Crippen MR) is 113 cm³/mol. The number of nitrogens with one attached hydrogen (secondary N) is 1. The summed E-state index contributed by atoms with van der Waals surface area (Å²) in [6, 6.07) is 11.3. The normalized spacial score (nSPS) is 16.8. The number of rotatable bonds is 8. The first-order chi connectivity index (χ1) is 14.7. The standard InChI is InChI=1S/C22H27N5O3/c1-29-11-10-26-9-8-17(14-26)21-25-24-20-7-6-18(15-27(20)21)22(28)23-13-16-4-3-5-19(12-16)30-2/h3-7,12,15,17H,8-11,13-14H2,1-2H3,(H,23,28)/t17-/m1/s1. The average Bonchev–Trinajstić information content (AvgIpc) is 3.42. The minimum atomic E-state index is -0.132. The molecular formula is C22H27N5O3. The van der Waals surface area contributed by atoms with Gasteiger partial charge in [-0.2, -0.15) is 0 Å². The lowest BCUT2D eigenvalue weighted by molar-refractivity contribution is 0.0950. The molecule has 8 heteroatoms. The Morgan fingerprint density at radius 1 is 1.23 bits per heavy atom. The van der Waals surface area contributed by atoms with Gasteiger partial charge in [0.1, 0.15) is 11.6 Å². The summed E-state index contributed by atoms with van der Waals surface area (Å²) in [5.41, 5.74) is 2.32. The van der Waals surface area contributed by atoms with E-state index in [0.717, 1.165) is 55.4 Å². The maximum absolute atomic E-state index is 12.7. The molecule has 1 aliphatic rings. The molecule has 30 heavy (non-hydrogen) atoms. The quantitative estimate of drug-likeness (QED) is 0.614. The largest absolute Gasteiger partial charge is 0.497 e. The van der Waals surface area contributed by atoms with E-state index in [1.165, 1.54) is 0 Å². The summed E-state index contributed by atoms with van der Waals surface area (Å²) >= 11 is 0. The third-order valence-corrected chi connectivity index (χ3v) is 5.53. The summed E-state index contributed by atoms with van der Waals surface area (Å²) in [6.45, 7) is 4.02. The summed E-state index contributed by atoms with van der Waals surface area (Å²) in [6.07, 6.45) is 2.86. The van der Waals surface area contributed by atoms with Crippen LogP contribution in [-0.2, 0) is 11.3 Å². The van der Waals surface area contributed by atoms with Gasteiger partial charge in [0, 0.05) is 38.9 Å². The number of amides is 1. The molecule has 4 rings (SSSR count). The average molecular weight is 409 g/mol. The fourth-order valence-corrected chi connectivity index (χ4v) is 3.85. The molecule has 1 aromatic carbocycles. The molecule has 8 nitrogen and oxygen atoms in total. The molecule has 158 valence electrons. The molecule has 0 radical (unpaired) electrons. The van der Waals surface area contributed by atoms with E-state index in [1.807, 2.05) is 40.9 Å². The summed E-state index contributed by atoms with van der Waals surface area (Å²) in [5, 5.41) is 11.7. The van der Waals surface area contributed by atoms with Crippen molar-refractivity contribution in [1.29, 1.82) is 0 Å². The number of fused-ring (bicyclic) bond motifs is 1. The minimum Gasteiger partial charge on any atom is -0.497 e. The molecule has 1 saturated heterocycles. The lowest BCUT2D eigenvalue weighted by Crippen LogP contribution is -2.25. The summed E-state index contributed by atoms with van der Waals surface area (Å²) in [7, 11) is 3.35. The van der Waals surface area contributed by atoms with Crippen LogP contribution in [0.1, 0.15) is 34.1 Å². The van der Waals surface area contributed by atoms with E-state index in [-0.39, 0.29) is 5.91 Å². The highest BCUT2D eigenvalue weighted by Crippen LogP contribution is 2.26. The van der Waals surface area contributed by atoms with Crippen molar-refractivity contribution in [2.75, 3.05) is 40.5 Å². The van der Waals surface area contributed by atoms with Gasteiger partial charge in [-0.3, -0.25) is 9.20 Å². The number of benzene rings is 1. The van der Waals surface area contributed by atoms with Gasteiger partial charge in [0.05, 0.1) is 19.3 Å². The van der Waals surface area contributed by atoms with Crippen molar-refractivity contribution in [2.45, 2.75) is 18.9 Å². The Labute approximate surface area is 175 Å². The third-order valence-electron chi connectivity index (χ3n) is 5.53. The van der Waals surface area contributed by atoms with Crippen molar-refractivity contribution < 1.29 is 14.3 Å². The third kappa shape index (κ3) is 4.44. The Balaban J connectivity index is 1.46. The van der Waals surface area contributed by atoms with Crippen LogP contribution in [0.2, 0.25) is 0 Å². The van der Waals surface area contributed by atoms with E-state index >= 15 is 0 Å². The molecule has 1 amide bonds. The van der Waals surface area contributed by atoms with E-state index in [4.69, 9.17) is 9.47 Å². The van der Waals surface area contributed by atoms with Crippen LogP contribution in [0.4, 0.5) is 0 Å².